The summed E-state index contributed by atoms with van der Waals surface area (Å²) >= 11 is 17.2. The van der Waals surface area contributed by atoms with Gasteiger partial charge in [-0.15, -0.1) is 11.3 Å². The second kappa shape index (κ2) is 5.92. The lowest BCUT2D eigenvalue weighted by atomic mass is 10.1. The van der Waals surface area contributed by atoms with Gasteiger partial charge in [-0.2, -0.15) is 5.10 Å². The summed E-state index contributed by atoms with van der Waals surface area (Å²) in [6, 6.07) is 1.87. The van der Waals surface area contributed by atoms with Gasteiger partial charge in [0.2, 0.25) is 0 Å². The van der Waals surface area contributed by atoms with Crippen LogP contribution in [-0.2, 0) is 6.54 Å². The molecule has 0 saturated carbocycles. The zero-order chi connectivity index (χ0) is 13.3. The Morgan fingerprint density at radius 2 is 2.28 bits per heavy atom. The van der Waals surface area contributed by atoms with Crippen molar-refractivity contribution in [2.45, 2.75) is 19.5 Å². The summed E-state index contributed by atoms with van der Waals surface area (Å²) in [6.45, 7) is 2.85. The molecule has 0 aliphatic rings. The molecule has 0 fully saturated rings. The van der Waals surface area contributed by atoms with E-state index in [4.69, 9.17) is 23.2 Å². The number of rotatable bonds is 4. The van der Waals surface area contributed by atoms with Crippen molar-refractivity contribution in [3.05, 3.63) is 36.7 Å². The topological polar surface area (TPSA) is 29.9 Å². The number of halogens is 3. The molecule has 2 aromatic heterocycles. The molecule has 1 N–H and O–H groups in total. The third-order valence-corrected chi connectivity index (χ3v) is 4.82. The highest BCUT2D eigenvalue weighted by molar-refractivity contribution is 9.10. The van der Waals surface area contributed by atoms with Gasteiger partial charge >= 0.3 is 0 Å². The maximum absolute atomic E-state index is 6.23. The fourth-order valence-corrected chi connectivity index (χ4v) is 3.96. The Hall–Kier alpha value is -0.0700. The standard InChI is InChI=1S/C11H12BrCl2N3S/c1-3-17-10(7(12)5-16-17)9(15-2)6-4-8(13)18-11(6)14/h4-5,9,15H,3H2,1-2H3. The second-order valence-corrected chi connectivity index (χ2v) is 6.83. The van der Waals surface area contributed by atoms with Gasteiger partial charge in [0.1, 0.15) is 0 Å². The lowest BCUT2D eigenvalue weighted by Crippen LogP contribution is -2.21. The number of thiophene rings is 1. The molecule has 2 rings (SSSR count). The van der Waals surface area contributed by atoms with Gasteiger partial charge in [0.05, 0.1) is 31.1 Å². The van der Waals surface area contributed by atoms with E-state index in [1.807, 2.05) is 17.8 Å². The normalized spacial score (nSPS) is 12.9. The number of nitrogens with one attached hydrogen (secondary N) is 1. The Labute approximate surface area is 128 Å². The molecule has 98 valence electrons. The fraction of sp³-hybridized carbons (Fsp3) is 0.364. The van der Waals surface area contributed by atoms with E-state index in [1.54, 1.807) is 6.20 Å². The predicted octanol–water partition coefficient (Wildman–Crippen LogP) is 4.34. The first kappa shape index (κ1) is 14.3. The van der Waals surface area contributed by atoms with Crippen LogP contribution in [0.4, 0.5) is 0 Å². The first-order valence-corrected chi connectivity index (χ1v) is 7.78. The molecule has 0 saturated heterocycles. The predicted molar refractivity (Wildman–Crippen MR) is 80.8 cm³/mol. The molecule has 0 spiro atoms. The van der Waals surface area contributed by atoms with Crippen molar-refractivity contribution in [2.75, 3.05) is 7.05 Å². The Bertz CT molecular complexity index is 552. The molecule has 2 aromatic rings. The maximum Gasteiger partial charge on any atom is 0.0996 e. The van der Waals surface area contributed by atoms with Gasteiger partial charge in [0, 0.05) is 12.1 Å². The molecule has 2 heterocycles. The first-order valence-electron chi connectivity index (χ1n) is 5.41. The maximum atomic E-state index is 6.23. The van der Waals surface area contributed by atoms with E-state index >= 15 is 0 Å². The van der Waals surface area contributed by atoms with E-state index in [1.165, 1.54) is 11.3 Å². The Kier molecular flexibility index (Phi) is 4.72. The van der Waals surface area contributed by atoms with Crippen molar-refractivity contribution in [1.29, 1.82) is 0 Å². The molecule has 18 heavy (non-hydrogen) atoms. The summed E-state index contributed by atoms with van der Waals surface area (Å²) in [5.41, 5.74) is 2.03. The third-order valence-electron chi connectivity index (χ3n) is 2.69. The second-order valence-electron chi connectivity index (χ2n) is 3.69. The molecule has 0 radical (unpaired) electrons. The van der Waals surface area contributed by atoms with Crippen LogP contribution >= 0.6 is 50.5 Å². The van der Waals surface area contributed by atoms with Crippen LogP contribution in [0.2, 0.25) is 8.67 Å². The Balaban J connectivity index is 2.51. The van der Waals surface area contributed by atoms with Gasteiger partial charge < -0.3 is 5.32 Å². The zero-order valence-electron chi connectivity index (χ0n) is 9.88. The molecule has 1 atom stereocenters. The summed E-state index contributed by atoms with van der Waals surface area (Å²) in [7, 11) is 1.89. The molecule has 7 heteroatoms. The summed E-state index contributed by atoms with van der Waals surface area (Å²) in [5.74, 6) is 0. The van der Waals surface area contributed by atoms with E-state index in [9.17, 15) is 0 Å². The van der Waals surface area contributed by atoms with E-state index in [0.29, 0.717) is 8.67 Å². The zero-order valence-corrected chi connectivity index (χ0v) is 13.8. The molecular formula is C11H12BrCl2N3S. The van der Waals surface area contributed by atoms with Gasteiger partial charge in [0.15, 0.2) is 0 Å². The summed E-state index contributed by atoms with van der Waals surface area (Å²) in [6.07, 6.45) is 1.80. The minimum atomic E-state index is -0.0296. The van der Waals surface area contributed by atoms with Crippen LogP contribution in [0.5, 0.6) is 0 Å². The molecule has 0 aliphatic carbocycles. The molecule has 0 bridgehead atoms. The number of hydrogen-bond donors (Lipinski definition) is 1. The van der Waals surface area contributed by atoms with Crippen molar-refractivity contribution in [3.8, 4) is 0 Å². The molecule has 0 amide bonds. The van der Waals surface area contributed by atoms with E-state index in [-0.39, 0.29) is 6.04 Å². The van der Waals surface area contributed by atoms with Crippen LogP contribution in [0.1, 0.15) is 24.2 Å². The first-order chi connectivity index (χ1) is 8.58. The molecule has 3 nitrogen and oxygen atoms in total. The smallest absolute Gasteiger partial charge is 0.0996 e. The van der Waals surface area contributed by atoms with Crippen LogP contribution < -0.4 is 5.32 Å². The lowest BCUT2D eigenvalue weighted by molar-refractivity contribution is 0.562. The molecule has 0 aliphatic heterocycles. The molecular weight excluding hydrogens is 357 g/mol. The highest BCUT2D eigenvalue weighted by Crippen LogP contribution is 2.38. The van der Waals surface area contributed by atoms with E-state index < -0.39 is 0 Å². The summed E-state index contributed by atoms with van der Waals surface area (Å²) in [5, 5.41) is 7.59. The highest BCUT2D eigenvalue weighted by Gasteiger charge is 2.23. The number of aromatic nitrogens is 2. The molecule has 1 unspecified atom stereocenters. The van der Waals surface area contributed by atoms with Crippen LogP contribution in [0.3, 0.4) is 0 Å². The SMILES string of the molecule is CCn1ncc(Br)c1C(NC)c1cc(Cl)sc1Cl. The van der Waals surface area contributed by atoms with Gasteiger partial charge in [0.25, 0.3) is 0 Å². The summed E-state index contributed by atoms with van der Waals surface area (Å²) < 4.78 is 4.29. The quantitative estimate of drug-likeness (QED) is 0.869. The minimum Gasteiger partial charge on any atom is -0.308 e. The minimum absolute atomic E-state index is 0.0296. The summed E-state index contributed by atoms with van der Waals surface area (Å²) in [4.78, 5) is 0. The third kappa shape index (κ3) is 2.60. The van der Waals surface area contributed by atoms with Crippen molar-refractivity contribution < 1.29 is 0 Å². The van der Waals surface area contributed by atoms with Crippen molar-refractivity contribution >= 4 is 50.5 Å². The average Bonchev–Trinajstić information content (AvgIpc) is 2.85. The van der Waals surface area contributed by atoms with Crippen LogP contribution in [0, 0.1) is 0 Å². The van der Waals surface area contributed by atoms with Gasteiger partial charge in [-0.25, -0.2) is 0 Å². The van der Waals surface area contributed by atoms with E-state index in [0.717, 1.165) is 22.3 Å². The van der Waals surface area contributed by atoms with Crippen molar-refractivity contribution in [2.24, 2.45) is 0 Å². The number of nitrogens with zero attached hydrogens (tertiary/aromatic N) is 2. The monoisotopic (exact) mass is 367 g/mol. The highest BCUT2D eigenvalue weighted by atomic mass is 79.9. The largest absolute Gasteiger partial charge is 0.308 e. The molecule has 0 aromatic carbocycles. The lowest BCUT2D eigenvalue weighted by Gasteiger charge is -2.18. The number of aryl methyl sites for hydroxylation is 1. The number of hydrogen-bond acceptors (Lipinski definition) is 3. The van der Waals surface area contributed by atoms with Gasteiger partial charge in [-0.1, -0.05) is 23.2 Å². The van der Waals surface area contributed by atoms with Crippen molar-refractivity contribution in [3.63, 3.8) is 0 Å². The Morgan fingerprint density at radius 1 is 1.56 bits per heavy atom. The van der Waals surface area contributed by atoms with Crippen molar-refractivity contribution in [1.82, 2.24) is 15.1 Å². The average molecular weight is 369 g/mol. The van der Waals surface area contributed by atoms with Gasteiger partial charge in [-0.05, 0) is 36.0 Å². The fourth-order valence-electron chi connectivity index (χ4n) is 1.90. The van der Waals surface area contributed by atoms with Crippen LogP contribution in [0.15, 0.2) is 16.7 Å². The van der Waals surface area contributed by atoms with Gasteiger partial charge in [-0.3, -0.25) is 4.68 Å². The Morgan fingerprint density at radius 3 is 2.78 bits per heavy atom. The van der Waals surface area contributed by atoms with Crippen LogP contribution in [-0.4, -0.2) is 16.8 Å². The van der Waals surface area contributed by atoms with E-state index in [2.05, 4.69) is 33.3 Å². The van der Waals surface area contributed by atoms with Crippen LogP contribution in [0.25, 0.3) is 0 Å².